The van der Waals surface area contributed by atoms with Crippen LogP contribution < -0.4 is 19.5 Å². The maximum Gasteiger partial charge on any atom is 0.261 e. The van der Waals surface area contributed by atoms with Gasteiger partial charge in [0.1, 0.15) is 0 Å². The lowest BCUT2D eigenvalue weighted by atomic mass is 9.77. The van der Waals surface area contributed by atoms with Crippen molar-refractivity contribution in [2.75, 3.05) is 23.3 Å². The van der Waals surface area contributed by atoms with E-state index in [4.69, 9.17) is 21.1 Å². The Morgan fingerprint density at radius 1 is 1.00 bits per heavy atom. The maximum absolute atomic E-state index is 13.2. The highest BCUT2D eigenvalue weighted by molar-refractivity contribution is 7.92. The fourth-order valence-corrected chi connectivity index (χ4v) is 6.43. The lowest BCUT2D eigenvalue weighted by Crippen LogP contribution is -2.29. The molecule has 0 saturated heterocycles. The van der Waals surface area contributed by atoms with Gasteiger partial charge in [-0.1, -0.05) is 42.0 Å². The van der Waals surface area contributed by atoms with Gasteiger partial charge in [0.25, 0.3) is 10.0 Å². The molecule has 5 rings (SSSR count). The first kappa shape index (κ1) is 24.5. The number of para-hydroxylation sites is 1. The maximum atomic E-state index is 13.2. The van der Waals surface area contributed by atoms with Gasteiger partial charge in [-0.25, -0.2) is 8.42 Å². The number of sulfonamides is 1. The van der Waals surface area contributed by atoms with E-state index in [1.54, 1.807) is 36.4 Å². The van der Waals surface area contributed by atoms with Crippen LogP contribution in [0.5, 0.6) is 11.5 Å². The minimum absolute atomic E-state index is 0.0519. The van der Waals surface area contributed by atoms with Crippen molar-refractivity contribution in [3.63, 3.8) is 0 Å². The summed E-state index contributed by atoms with van der Waals surface area (Å²) in [5.74, 6) is 1.82. The van der Waals surface area contributed by atoms with Crippen LogP contribution in [0, 0.1) is 5.92 Å². The summed E-state index contributed by atoms with van der Waals surface area (Å²) in [4.78, 5) is 0.208. The van der Waals surface area contributed by atoms with E-state index >= 15 is 0 Å². The number of allylic oxidation sites excluding steroid dienone is 2. The molecule has 3 aromatic carbocycles. The minimum Gasteiger partial charge on any atom is -0.490 e. The zero-order chi connectivity index (χ0) is 25.3. The Kier molecular flexibility index (Phi) is 6.86. The van der Waals surface area contributed by atoms with Gasteiger partial charge < -0.3 is 14.8 Å². The van der Waals surface area contributed by atoms with Gasteiger partial charge in [0, 0.05) is 11.6 Å². The number of hydrogen-bond acceptors (Lipinski definition) is 5. The second-order valence-corrected chi connectivity index (χ2v) is 11.0. The van der Waals surface area contributed by atoms with Gasteiger partial charge in [0.15, 0.2) is 11.5 Å². The lowest BCUT2D eigenvalue weighted by Gasteiger charge is -2.38. The van der Waals surface area contributed by atoms with Crippen LogP contribution in [-0.2, 0) is 10.0 Å². The summed E-state index contributed by atoms with van der Waals surface area (Å²) in [5, 5.41) is 4.02. The highest BCUT2D eigenvalue weighted by Gasteiger charge is 2.38. The Morgan fingerprint density at radius 2 is 1.78 bits per heavy atom. The predicted molar refractivity (Wildman–Crippen MR) is 144 cm³/mol. The largest absolute Gasteiger partial charge is 0.490 e. The molecule has 0 saturated carbocycles. The molecule has 3 aromatic rings. The second kappa shape index (κ2) is 10.1. The molecule has 0 aromatic heterocycles. The van der Waals surface area contributed by atoms with Crippen LogP contribution in [0.2, 0.25) is 5.02 Å². The first-order chi connectivity index (χ1) is 17.4. The number of benzene rings is 3. The third-order valence-electron chi connectivity index (χ3n) is 6.69. The molecule has 0 bridgehead atoms. The van der Waals surface area contributed by atoms with Crippen LogP contribution in [0.25, 0.3) is 0 Å². The van der Waals surface area contributed by atoms with Crippen molar-refractivity contribution >= 4 is 33.0 Å². The zero-order valence-electron chi connectivity index (χ0n) is 20.2. The third kappa shape index (κ3) is 4.65. The van der Waals surface area contributed by atoms with E-state index in [-0.39, 0.29) is 22.8 Å². The molecular weight excluding hydrogens is 496 g/mol. The van der Waals surface area contributed by atoms with Crippen molar-refractivity contribution in [3.05, 3.63) is 89.0 Å². The van der Waals surface area contributed by atoms with Crippen molar-refractivity contribution in [2.45, 2.75) is 37.1 Å². The van der Waals surface area contributed by atoms with Gasteiger partial charge in [-0.15, -0.1) is 0 Å². The van der Waals surface area contributed by atoms with Gasteiger partial charge in [-0.3, -0.25) is 4.72 Å². The van der Waals surface area contributed by atoms with Crippen LogP contribution in [-0.4, -0.2) is 21.6 Å². The normalized spacial score (nSPS) is 20.2. The molecule has 1 aliphatic heterocycles. The highest BCUT2D eigenvalue weighted by atomic mass is 35.5. The summed E-state index contributed by atoms with van der Waals surface area (Å²) >= 11 is 6.18. The van der Waals surface area contributed by atoms with Gasteiger partial charge in [-0.05, 0) is 79.8 Å². The molecule has 3 atom stereocenters. The zero-order valence-corrected chi connectivity index (χ0v) is 21.8. The van der Waals surface area contributed by atoms with Gasteiger partial charge in [0.05, 0.1) is 34.9 Å². The third-order valence-corrected chi connectivity index (χ3v) is 8.38. The molecular formula is C28H29ClN2O4S. The summed E-state index contributed by atoms with van der Waals surface area (Å²) in [6, 6.07) is 18.2. The van der Waals surface area contributed by atoms with E-state index in [9.17, 15) is 8.42 Å². The van der Waals surface area contributed by atoms with E-state index in [1.165, 1.54) is 0 Å². The lowest BCUT2D eigenvalue weighted by molar-refractivity contribution is 0.287. The van der Waals surface area contributed by atoms with Crippen LogP contribution in [0.4, 0.5) is 11.4 Å². The Hall–Kier alpha value is -3.16. The van der Waals surface area contributed by atoms with Crippen LogP contribution in [0.1, 0.15) is 43.4 Å². The Morgan fingerprint density at radius 3 is 2.56 bits per heavy atom. The summed E-state index contributed by atoms with van der Waals surface area (Å²) in [7, 11) is -3.80. The number of ether oxygens (including phenoxy) is 2. The van der Waals surface area contributed by atoms with Gasteiger partial charge >= 0.3 is 0 Å². The Bertz CT molecular complexity index is 1410. The quantitative estimate of drug-likeness (QED) is 0.318. The van der Waals surface area contributed by atoms with E-state index in [0.29, 0.717) is 23.9 Å². The number of hydrogen-bond donors (Lipinski definition) is 2. The van der Waals surface area contributed by atoms with Crippen LogP contribution in [0.3, 0.4) is 0 Å². The fraction of sp³-hybridized carbons (Fsp3) is 0.286. The van der Waals surface area contributed by atoms with E-state index < -0.39 is 10.0 Å². The van der Waals surface area contributed by atoms with E-state index in [1.807, 2.05) is 26.0 Å². The highest BCUT2D eigenvalue weighted by Crippen LogP contribution is 2.51. The van der Waals surface area contributed by atoms with E-state index in [0.717, 1.165) is 34.7 Å². The molecule has 8 heteroatoms. The molecule has 2 N–H and O–H groups in total. The van der Waals surface area contributed by atoms with Crippen LogP contribution >= 0.6 is 11.6 Å². The molecule has 36 heavy (non-hydrogen) atoms. The fourth-order valence-electron chi connectivity index (χ4n) is 5.08. The molecule has 0 unspecified atom stereocenters. The van der Waals surface area contributed by atoms with Crippen LogP contribution in [0.15, 0.2) is 77.7 Å². The number of fused-ring (bicyclic) bond motifs is 3. The molecule has 1 aliphatic carbocycles. The number of halogens is 1. The molecule has 0 amide bonds. The molecule has 0 radical (unpaired) electrons. The van der Waals surface area contributed by atoms with Gasteiger partial charge in [0.2, 0.25) is 0 Å². The van der Waals surface area contributed by atoms with E-state index in [2.05, 4.69) is 34.3 Å². The second-order valence-electron chi connectivity index (χ2n) is 8.88. The standard InChI is InChI=1S/C28H29ClN2O4S/c1-3-34-26-15-12-18(16-27(26)35-4-2)28-21-9-7-8-20(21)22-17-19(13-14-24(22)30-28)36(32,33)31-25-11-6-5-10-23(25)29/h5-8,10-17,20-21,28,30-31H,3-4,9H2,1-2H3/t20-,21+,28+/m0/s1. The molecule has 2 aliphatic rings. The molecule has 0 fully saturated rings. The monoisotopic (exact) mass is 524 g/mol. The Labute approximate surface area is 217 Å². The van der Waals surface area contributed by atoms with Crippen molar-refractivity contribution in [1.82, 2.24) is 0 Å². The van der Waals surface area contributed by atoms with Crippen molar-refractivity contribution in [2.24, 2.45) is 5.92 Å². The molecule has 188 valence electrons. The minimum atomic E-state index is -3.80. The summed E-state index contributed by atoms with van der Waals surface area (Å²) in [6.45, 7) is 5.04. The average Bonchev–Trinajstić information content (AvgIpc) is 3.36. The number of anilines is 2. The Balaban J connectivity index is 1.47. The predicted octanol–water partition coefficient (Wildman–Crippen LogP) is 6.76. The summed E-state index contributed by atoms with van der Waals surface area (Å²) < 4.78 is 40.6. The first-order valence-electron chi connectivity index (χ1n) is 12.1. The molecule has 1 heterocycles. The van der Waals surface area contributed by atoms with Crippen molar-refractivity contribution in [3.8, 4) is 11.5 Å². The number of rotatable bonds is 8. The SMILES string of the molecule is CCOc1ccc([C@H]2Nc3ccc(S(=O)(=O)Nc4ccccc4Cl)cc3[C@H]3C=CC[C@H]32)cc1OCC. The topological polar surface area (TPSA) is 76.7 Å². The summed E-state index contributed by atoms with van der Waals surface area (Å²) in [6.07, 6.45) is 5.27. The smallest absolute Gasteiger partial charge is 0.261 e. The van der Waals surface area contributed by atoms with Crippen molar-refractivity contribution < 1.29 is 17.9 Å². The molecule has 0 spiro atoms. The average molecular weight is 525 g/mol. The first-order valence-corrected chi connectivity index (χ1v) is 14.0. The molecule has 6 nitrogen and oxygen atoms in total. The van der Waals surface area contributed by atoms with Crippen molar-refractivity contribution in [1.29, 1.82) is 0 Å². The van der Waals surface area contributed by atoms with Gasteiger partial charge in [-0.2, -0.15) is 0 Å². The summed E-state index contributed by atoms with van der Waals surface area (Å²) in [5.41, 5.74) is 3.37. The number of nitrogens with one attached hydrogen (secondary N) is 2.